The molecular weight excluding hydrogens is 359 g/mol. The number of fused-ring (bicyclic) bond motifs is 1. The van der Waals surface area contributed by atoms with E-state index in [1.165, 1.54) is 12.1 Å². The summed E-state index contributed by atoms with van der Waals surface area (Å²) in [4.78, 5) is 0. The number of hydrogen-bond donors (Lipinski definition) is 0. The van der Waals surface area contributed by atoms with Crippen molar-refractivity contribution in [2.45, 2.75) is 13.3 Å². The maximum atomic E-state index is 13.3. The molecule has 0 atom stereocenters. The predicted molar refractivity (Wildman–Crippen MR) is 118 cm³/mol. The first-order chi connectivity index (χ1) is 14.2. The summed E-state index contributed by atoms with van der Waals surface area (Å²) in [7, 11) is 0. The Morgan fingerprint density at radius 1 is 0.690 bits per heavy atom. The van der Waals surface area contributed by atoms with E-state index in [9.17, 15) is 4.39 Å². The molecule has 0 aliphatic rings. The second kappa shape index (κ2) is 8.63. The Hall–Kier alpha value is -3.57. The molecule has 1 nitrogen and oxygen atoms in total. The highest BCUT2D eigenvalue weighted by Gasteiger charge is 2.00. The first-order valence-corrected chi connectivity index (χ1v) is 9.76. The predicted octanol–water partition coefficient (Wildman–Crippen LogP) is 6.83. The van der Waals surface area contributed by atoms with Crippen LogP contribution >= 0.6 is 0 Å². The fourth-order valence-electron chi connectivity index (χ4n) is 3.15. The zero-order chi connectivity index (χ0) is 20.1. The molecule has 0 amide bonds. The minimum atomic E-state index is -0.223. The summed E-state index contributed by atoms with van der Waals surface area (Å²) in [5, 5.41) is 1.87. The highest BCUT2D eigenvalue weighted by Crippen LogP contribution is 2.23. The summed E-state index contributed by atoms with van der Waals surface area (Å²) < 4.78 is 18.9. The van der Waals surface area contributed by atoms with Crippen LogP contribution in [0.5, 0.6) is 5.75 Å². The van der Waals surface area contributed by atoms with Crippen molar-refractivity contribution in [1.29, 1.82) is 0 Å². The molecule has 0 saturated heterocycles. The van der Waals surface area contributed by atoms with Gasteiger partial charge in [-0.25, -0.2) is 4.39 Å². The molecule has 0 spiro atoms. The lowest BCUT2D eigenvalue weighted by Gasteiger charge is -2.06. The number of rotatable bonds is 4. The number of hydrogen-bond acceptors (Lipinski definition) is 1. The van der Waals surface area contributed by atoms with Crippen molar-refractivity contribution in [2.75, 3.05) is 6.61 Å². The molecule has 142 valence electrons. The van der Waals surface area contributed by atoms with Gasteiger partial charge in [-0.05, 0) is 76.9 Å². The Kier molecular flexibility index (Phi) is 5.59. The van der Waals surface area contributed by atoms with E-state index in [4.69, 9.17) is 4.74 Å². The largest absolute Gasteiger partial charge is 0.494 e. The minimum absolute atomic E-state index is 0.223. The Balaban J connectivity index is 1.49. The van der Waals surface area contributed by atoms with E-state index in [1.54, 1.807) is 6.07 Å². The Bertz CT molecular complexity index is 1180. The number of halogens is 1. The average Bonchev–Trinajstić information content (AvgIpc) is 2.77. The average molecular weight is 380 g/mol. The van der Waals surface area contributed by atoms with E-state index in [-0.39, 0.29) is 5.82 Å². The summed E-state index contributed by atoms with van der Waals surface area (Å²) >= 11 is 0. The lowest BCUT2D eigenvalue weighted by atomic mass is 10.0. The highest BCUT2D eigenvalue weighted by molar-refractivity contribution is 5.84. The van der Waals surface area contributed by atoms with Crippen LogP contribution < -0.4 is 4.74 Å². The molecule has 4 aromatic rings. The third-order valence-corrected chi connectivity index (χ3v) is 4.70. The standard InChI is InChI=1S/C27H21FO/c1-2-17-29-27-15-12-23(13-16-27)22-8-5-20(6-9-22)3-4-21-7-10-25-19-26(28)14-11-24(25)18-21/h5-16,18-19H,2,17H2,1H3. The van der Waals surface area contributed by atoms with Crippen LogP contribution in [0.15, 0.2) is 84.9 Å². The SMILES string of the molecule is CCCOc1ccc(-c2ccc(C#Cc3ccc4cc(F)ccc4c3)cc2)cc1. The van der Waals surface area contributed by atoms with Crippen molar-refractivity contribution in [3.05, 3.63) is 102 Å². The Labute approximate surface area is 170 Å². The zero-order valence-electron chi connectivity index (χ0n) is 16.3. The summed E-state index contributed by atoms with van der Waals surface area (Å²) in [6, 6.07) is 27.0. The van der Waals surface area contributed by atoms with Crippen LogP contribution in [0.4, 0.5) is 4.39 Å². The van der Waals surface area contributed by atoms with E-state index in [0.29, 0.717) is 0 Å². The molecule has 0 bridgehead atoms. The van der Waals surface area contributed by atoms with Crippen molar-refractivity contribution in [3.8, 4) is 28.7 Å². The van der Waals surface area contributed by atoms with Crippen LogP contribution in [0, 0.1) is 17.7 Å². The summed E-state index contributed by atoms with van der Waals surface area (Å²) in [6.45, 7) is 2.83. The molecule has 0 fully saturated rings. The topological polar surface area (TPSA) is 9.23 Å². The molecule has 0 N–H and O–H groups in total. The first-order valence-electron chi connectivity index (χ1n) is 9.76. The molecule has 4 rings (SSSR count). The van der Waals surface area contributed by atoms with E-state index in [1.807, 2.05) is 42.5 Å². The fraction of sp³-hybridized carbons (Fsp3) is 0.111. The third kappa shape index (κ3) is 4.65. The quantitative estimate of drug-likeness (QED) is 0.352. The minimum Gasteiger partial charge on any atom is -0.494 e. The van der Waals surface area contributed by atoms with Crippen molar-refractivity contribution in [3.63, 3.8) is 0 Å². The summed E-state index contributed by atoms with van der Waals surface area (Å²) in [6.07, 6.45) is 1.00. The molecule has 0 radical (unpaired) electrons. The van der Waals surface area contributed by atoms with Gasteiger partial charge in [0.15, 0.2) is 0 Å². The van der Waals surface area contributed by atoms with Gasteiger partial charge in [0.2, 0.25) is 0 Å². The van der Waals surface area contributed by atoms with Crippen LogP contribution in [0.3, 0.4) is 0 Å². The number of ether oxygens (including phenoxy) is 1. The molecule has 2 heteroatoms. The zero-order valence-corrected chi connectivity index (χ0v) is 16.3. The van der Waals surface area contributed by atoms with Gasteiger partial charge in [0.05, 0.1) is 6.61 Å². The molecule has 0 aromatic heterocycles. The number of benzene rings is 4. The van der Waals surface area contributed by atoms with Crippen LogP contribution in [-0.2, 0) is 0 Å². The summed E-state index contributed by atoms with van der Waals surface area (Å²) in [5.74, 6) is 7.07. The van der Waals surface area contributed by atoms with Crippen LogP contribution in [0.25, 0.3) is 21.9 Å². The molecule has 0 aliphatic carbocycles. The third-order valence-electron chi connectivity index (χ3n) is 4.70. The molecule has 0 heterocycles. The molecule has 0 saturated carbocycles. The maximum Gasteiger partial charge on any atom is 0.123 e. The van der Waals surface area contributed by atoms with Gasteiger partial charge >= 0.3 is 0 Å². The van der Waals surface area contributed by atoms with Crippen LogP contribution in [0.2, 0.25) is 0 Å². The molecular formula is C27H21FO. The molecule has 0 unspecified atom stereocenters. The van der Waals surface area contributed by atoms with Gasteiger partial charge in [-0.2, -0.15) is 0 Å². The van der Waals surface area contributed by atoms with Gasteiger partial charge in [-0.3, -0.25) is 0 Å². The summed E-state index contributed by atoms with van der Waals surface area (Å²) in [5.41, 5.74) is 4.16. The van der Waals surface area contributed by atoms with E-state index < -0.39 is 0 Å². The van der Waals surface area contributed by atoms with Gasteiger partial charge in [-0.1, -0.05) is 55.2 Å². The van der Waals surface area contributed by atoms with E-state index in [0.717, 1.165) is 51.8 Å². The van der Waals surface area contributed by atoms with Crippen LogP contribution in [-0.4, -0.2) is 6.61 Å². The monoisotopic (exact) mass is 380 g/mol. The second-order valence-electron chi connectivity index (χ2n) is 6.91. The van der Waals surface area contributed by atoms with Crippen LogP contribution in [0.1, 0.15) is 24.5 Å². The Morgan fingerprint density at radius 2 is 1.28 bits per heavy atom. The fourth-order valence-corrected chi connectivity index (χ4v) is 3.15. The van der Waals surface area contributed by atoms with Gasteiger partial charge in [0.1, 0.15) is 11.6 Å². The lowest BCUT2D eigenvalue weighted by Crippen LogP contribution is -1.94. The van der Waals surface area contributed by atoms with Crippen molar-refractivity contribution in [1.82, 2.24) is 0 Å². The van der Waals surface area contributed by atoms with Gasteiger partial charge in [-0.15, -0.1) is 0 Å². The van der Waals surface area contributed by atoms with Crippen molar-refractivity contribution >= 4 is 10.8 Å². The second-order valence-corrected chi connectivity index (χ2v) is 6.91. The van der Waals surface area contributed by atoms with Crippen molar-refractivity contribution < 1.29 is 9.13 Å². The van der Waals surface area contributed by atoms with E-state index in [2.05, 4.69) is 43.0 Å². The molecule has 4 aromatic carbocycles. The van der Waals surface area contributed by atoms with Crippen molar-refractivity contribution in [2.24, 2.45) is 0 Å². The van der Waals surface area contributed by atoms with E-state index >= 15 is 0 Å². The van der Waals surface area contributed by atoms with Gasteiger partial charge in [0.25, 0.3) is 0 Å². The Morgan fingerprint density at radius 3 is 2.00 bits per heavy atom. The highest BCUT2D eigenvalue weighted by atomic mass is 19.1. The normalized spacial score (nSPS) is 10.4. The lowest BCUT2D eigenvalue weighted by molar-refractivity contribution is 0.317. The first kappa shape index (κ1) is 18.8. The van der Waals surface area contributed by atoms with Gasteiger partial charge < -0.3 is 4.74 Å². The molecule has 0 aliphatic heterocycles. The smallest absolute Gasteiger partial charge is 0.123 e. The van der Waals surface area contributed by atoms with Gasteiger partial charge in [0, 0.05) is 11.1 Å². The molecule has 29 heavy (non-hydrogen) atoms. The maximum absolute atomic E-state index is 13.3.